The van der Waals surface area contributed by atoms with Gasteiger partial charge in [-0.25, -0.2) is 22.0 Å². The lowest BCUT2D eigenvalue weighted by Gasteiger charge is -2.18. The van der Waals surface area contributed by atoms with Gasteiger partial charge in [-0.2, -0.15) is 0 Å². The summed E-state index contributed by atoms with van der Waals surface area (Å²) in [5.41, 5.74) is 3.85. The van der Waals surface area contributed by atoms with Gasteiger partial charge in [0.25, 0.3) is 5.91 Å². The van der Waals surface area contributed by atoms with E-state index >= 15 is 0 Å². The number of carbonyl (C=O) groups is 1. The Balaban J connectivity index is 2.97. The standard InChI is InChI=1S/C13H15F5N2O/c1-20(6-4-2-3-5-19)13(21)7-8(14)10(16)12(18)11(17)9(7)15/h2-6,19H2,1H3. The molecular weight excluding hydrogens is 295 g/mol. The van der Waals surface area contributed by atoms with Crippen molar-refractivity contribution in [3.63, 3.8) is 0 Å². The first-order valence-corrected chi connectivity index (χ1v) is 6.29. The third-order valence-electron chi connectivity index (χ3n) is 2.97. The predicted molar refractivity (Wildman–Crippen MR) is 66.1 cm³/mol. The molecule has 0 fully saturated rings. The zero-order valence-electron chi connectivity index (χ0n) is 11.4. The van der Waals surface area contributed by atoms with Crippen LogP contribution in [0.4, 0.5) is 22.0 Å². The minimum Gasteiger partial charge on any atom is -0.342 e. The van der Waals surface area contributed by atoms with E-state index in [9.17, 15) is 26.7 Å². The second-order valence-electron chi connectivity index (χ2n) is 4.52. The van der Waals surface area contributed by atoms with Gasteiger partial charge in [-0.3, -0.25) is 4.79 Å². The van der Waals surface area contributed by atoms with Crippen LogP contribution in [-0.2, 0) is 0 Å². The molecule has 0 atom stereocenters. The van der Waals surface area contributed by atoms with E-state index in [0.717, 1.165) is 4.90 Å². The first-order valence-electron chi connectivity index (χ1n) is 6.29. The molecule has 1 amide bonds. The van der Waals surface area contributed by atoms with Gasteiger partial charge in [0.15, 0.2) is 23.3 Å². The van der Waals surface area contributed by atoms with Crippen molar-refractivity contribution in [3.8, 4) is 0 Å². The van der Waals surface area contributed by atoms with E-state index in [0.29, 0.717) is 25.8 Å². The number of carbonyl (C=O) groups excluding carboxylic acids is 1. The van der Waals surface area contributed by atoms with Gasteiger partial charge in [0, 0.05) is 13.6 Å². The van der Waals surface area contributed by atoms with Gasteiger partial charge in [0.05, 0.1) is 0 Å². The van der Waals surface area contributed by atoms with Gasteiger partial charge in [0.1, 0.15) is 5.56 Å². The molecule has 0 unspecified atom stereocenters. The highest BCUT2D eigenvalue weighted by Gasteiger charge is 2.30. The topological polar surface area (TPSA) is 46.3 Å². The molecule has 1 aromatic carbocycles. The molecule has 3 nitrogen and oxygen atoms in total. The number of halogens is 5. The normalized spacial score (nSPS) is 10.8. The smallest absolute Gasteiger partial charge is 0.259 e. The molecule has 0 bridgehead atoms. The summed E-state index contributed by atoms with van der Waals surface area (Å²) in [5, 5.41) is 0. The minimum atomic E-state index is -2.29. The largest absolute Gasteiger partial charge is 0.342 e. The SMILES string of the molecule is CN(CCCCCN)C(=O)c1c(F)c(F)c(F)c(F)c1F. The quantitative estimate of drug-likeness (QED) is 0.380. The summed E-state index contributed by atoms with van der Waals surface area (Å²) < 4.78 is 65.9. The molecule has 118 valence electrons. The average molecular weight is 310 g/mol. The molecule has 0 aliphatic rings. The Morgan fingerprint density at radius 1 is 0.905 bits per heavy atom. The summed E-state index contributed by atoms with van der Waals surface area (Å²) in [7, 11) is 1.23. The van der Waals surface area contributed by atoms with Crippen LogP contribution in [0.1, 0.15) is 29.6 Å². The first-order chi connectivity index (χ1) is 9.82. The van der Waals surface area contributed by atoms with Crippen molar-refractivity contribution in [2.75, 3.05) is 20.1 Å². The summed E-state index contributed by atoms with van der Waals surface area (Å²) in [6.45, 7) is 0.591. The fraction of sp³-hybridized carbons (Fsp3) is 0.462. The lowest BCUT2D eigenvalue weighted by molar-refractivity contribution is 0.0779. The Labute approximate surface area is 118 Å². The number of nitrogens with zero attached hydrogens (tertiary/aromatic N) is 1. The van der Waals surface area contributed by atoms with Crippen LogP contribution in [0.25, 0.3) is 0 Å². The van der Waals surface area contributed by atoms with E-state index in [1.165, 1.54) is 7.05 Å². The molecule has 0 aliphatic carbocycles. The van der Waals surface area contributed by atoms with Crippen molar-refractivity contribution in [2.24, 2.45) is 5.73 Å². The van der Waals surface area contributed by atoms with Crippen LogP contribution in [0.2, 0.25) is 0 Å². The van der Waals surface area contributed by atoms with Crippen molar-refractivity contribution in [3.05, 3.63) is 34.6 Å². The number of rotatable bonds is 6. The average Bonchev–Trinajstić information content (AvgIpc) is 2.47. The highest BCUT2D eigenvalue weighted by molar-refractivity contribution is 5.94. The first kappa shape index (κ1) is 17.4. The molecule has 1 aromatic rings. The van der Waals surface area contributed by atoms with E-state index in [4.69, 9.17) is 5.73 Å². The van der Waals surface area contributed by atoms with Crippen molar-refractivity contribution in [2.45, 2.75) is 19.3 Å². The maximum atomic E-state index is 13.5. The Hall–Kier alpha value is -1.70. The molecule has 0 radical (unpaired) electrons. The highest BCUT2D eigenvalue weighted by Crippen LogP contribution is 2.24. The zero-order chi connectivity index (χ0) is 16.2. The summed E-state index contributed by atoms with van der Waals surface area (Å²) >= 11 is 0. The van der Waals surface area contributed by atoms with Crippen molar-refractivity contribution in [1.29, 1.82) is 0 Å². The summed E-state index contributed by atoms with van der Waals surface area (Å²) in [5.74, 6) is -12.0. The molecule has 8 heteroatoms. The fourth-order valence-electron chi connectivity index (χ4n) is 1.76. The van der Waals surface area contributed by atoms with Crippen LogP contribution in [-0.4, -0.2) is 30.9 Å². The fourth-order valence-corrected chi connectivity index (χ4v) is 1.76. The Kier molecular flexibility index (Phi) is 6.07. The molecule has 0 aromatic heterocycles. The number of hydrogen-bond acceptors (Lipinski definition) is 2. The second kappa shape index (κ2) is 7.35. The van der Waals surface area contributed by atoms with E-state index in [1.54, 1.807) is 0 Å². The summed E-state index contributed by atoms with van der Waals surface area (Å²) in [6.07, 6.45) is 1.91. The zero-order valence-corrected chi connectivity index (χ0v) is 11.4. The summed E-state index contributed by atoms with van der Waals surface area (Å²) in [4.78, 5) is 12.7. The number of nitrogens with two attached hydrogens (primary N) is 1. The third kappa shape index (κ3) is 3.69. The number of benzene rings is 1. The Morgan fingerprint density at radius 2 is 1.38 bits per heavy atom. The van der Waals surface area contributed by atoms with Gasteiger partial charge < -0.3 is 10.6 Å². The van der Waals surface area contributed by atoms with Gasteiger partial charge in [-0.05, 0) is 19.4 Å². The van der Waals surface area contributed by atoms with Crippen LogP contribution in [0.5, 0.6) is 0 Å². The molecule has 0 saturated heterocycles. The van der Waals surface area contributed by atoms with Crippen LogP contribution in [0.3, 0.4) is 0 Å². The monoisotopic (exact) mass is 310 g/mol. The van der Waals surface area contributed by atoms with Crippen LogP contribution in [0, 0.1) is 29.1 Å². The molecule has 2 N–H and O–H groups in total. The van der Waals surface area contributed by atoms with Gasteiger partial charge >= 0.3 is 0 Å². The van der Waals surface area contributed by atoms with E-state index < -0.39 is 40.6 Å². The lowest BCUT2D eigenvalue weighted by atomic mass is 10.1. The van der Waals surface area contributed by atoms with Crippen LogP contribution in [0.15, 0.2) is 0 Å². The molecule has 0 heterocycles. The predicted octanol–water partition coefficient (Wildman–Crippen LogP) is 2.58. The lowest BCUT2D eigenvalue weighted by Crippen LogP contribution is -2.30. The number of unbranched alkanes of at least 4 members (excludes halogenated alkanes) is 2. The van der Waals surface area contributed by atoms with Crippen LogP contribution < -0.4 is 5.73 Å². The minimum absolute atomic E-state index is 0.123. The third-order valence-corrected chi connectivity index (χ3v) is 2.97. The van der Waals surface area contributed by atoms with E-state index in [-0.39, 0.29) is 6.54 Å². The number of amides is 1. The van der Waals surface area contributed by atoms with Crippen LogP contribution >= 0.6 is 0 Å². The maximum Gasteiger partial charge on any atom is 0.259 e. The molecule has 0 saturated carbocycles. The molecule has 21 heavy (non-hydrogen) atoms. The van der Waals surface area contributed by atoms with Gasteiger partial charge in [-0.15, -0.1) is 0 Å². The Bertz CT molecular complexity index is 507. The molecule has 0 spiro atoms. The number of hydrogen-bond donors (Lipinski definition) is 1. The van der Waals surface area contributed by atoms with Crippen molar-refractivity contribution < 1.29 is 26.7 Å². The maximum absolute atomic E-state index is 13.5. The van der Waals surface area contributed by atoms with E-state index in [1.807, 2.05) is 0 Å². The van der Waals surface area contributed by atoms with Gasteiger partial charge in [-0.1, -0.05) is 6.42 Å². The second-order valence-corrected chi connectivity index (χ2v) is 4.52. The summed E-state index contributed by atoms with van der Waals surface area (Å²) in [6, 6.07) is 0. The van der Waals surface area contributed by atoms with E-state index in [2.05, 4.69) is 0 Å². The highest BCUT2D eigenvalue weighted by atomic mass is 19.2. The molecule has 0 aliphatic heterocycles. The molecular formula is C13H15F5N2O. The van der Waals surface area contributed by atoms with Crippen molar-refractivity contribution >= 4 is 5.91 Å². The van der Waals surface area contributed by atoms with Gasteiger partial charge in [0.2, 0.25) is 5.82 Å². The molecule has 1 rings (SSSR count). The Morgan fingerprint density at radius 3 is 1.86 bits per heavy atom. The van der Waals surface area contributed by atoms with Crippen molar-refractivity contribution in [1.82, 2.24) is 4.90 Å².